The Morgan fingerprint density at radius 2 is 2.12 bits per heavy atom. The lowest BCUT2D eigenvalue weighted by atomic mass is 9.96. The summed E-state index contributed by atoms with van der Waals surface area (Å²) in [5.41, 5.74) is 1.83. The first-order chi connectivity index (χ1) is 11.5. The lowest BCUT2D eigenvalue weighted by Gasteiger charge is -2.20. The van der Waals surface area contributed by atoms with E-state index < -0.39 is 16.1 Å². The van der Waals surface area contributed by atoms with Crippen molar-refractivity contribution in [3.05, 3.63) is 50.8 Å². The SMILES string of the molecule is CN(CCc1ccncc1)S(=O)(=O)c1csc2c1CCCC2N=O. The molecule has 24 heavy (non-hydrogen) atoms. The number of sulfonamides is 1. The van der Waals surface area contributed by atoms with Crippen LogP contribution in [0.1, 0.15) is 34.9 Å². The van der Waals surface area contributed by atoms with Gasteiger partial charge in [0, 0.05) is 36.2 Å². The van der Waals surface area contributed by atoms with Crippen molar-refractivity contribution in [2.75, 3.05) is 13.6 Å². The lowest BCUT2D eigenvalue weighted by Crippen LogP contribution is -2.29. The number of pyridine rings is 1. The molecule has 0 fully saturated rings. The summed E-state index contributed by atoms with van der Waals surface area (Å²) in [5, 5.41) is 4.81. The summed E-state index contributed by atoms with van der Waals surface area (Å²) in [4.78, 5) is 16.1. The zero-order valence-corrected chi connectivity index (χ0v) is 15.0. The van der Waals surface area contributed by atoms with Gasteiger partial charge in [0.1, 0.15) is 6.04 Å². The van der Waals surface area contributed by atoms with Crippen LogP contribution in [0.4, 0.5) is 0 Å². The smallest absolute Gasteiger partial charge is 0.243 e. The number of hydrogen-bond acceptors (Lipinski definition) is 6. The molecule has 0 spiro atoms. The third kappa shape index (κ3) is 3.26. The molecular formula is C16H19N3O3S2. The zero-order chi connectivity index (χ0) is 17.2. The Balaban J connectivity index is 1.80. The molecule has 0 saturated carbocycles. The fraction of sp³-hybridized carbons (Fsp3) is 0.438. The van der Waals surface area contributed by atoms with Crippen LogP contribution < -0.4 is 0 Å². The van der Waals surface area contributed by atoms with Gasteiger partial charge in [0.25, 0.3) is 0 Å². The van der Waals surface area contributed by atoms with Crippen molar-refractivity contribution in [1.29, 1.82) is 0 Å². The zero-order valence-electron chi connectivity index (χ0n) is 13.4. The molecule has 8 heteroatoms. The number of nitrogens with zero attached hydrogens (tertiary/aromatic N) is 3. The minimum atomic E-state index is -3.55. The molecule has 128 valence electrons. The first-order valence-corrected chi connectivity index (χ1v) is 10.1. The topological polar surface area (TPSA) is 79.7 Å². The van der Waals surface area contributed by atoms with Gasteiger partial charge in [0.05, 0.1) is 4.90 Å². The summed E-state index contributed by atoms with van der Waals surface area (Å²) in [6.07, 6.45) is 6.22. The predicted octanol–water partition coefficient (Wildman–Crippen LogP) is 3.15. The molecule has 1 aliphatic rings. The van der Waals surface area contributed by atoms with Crippen molar-refractivity contribution in [2.45, 2.75) is 36.6 Å². The van der Waals surface area contributed by atoms with E-state index in [4.69, 9.17) is 0 Å². The van der Waals surface area contributed by atoms with E-state index in [2.05, 4.69) is 10.2 Å². The van der Waals surface area contributed by atoms with E-state index in [-0.39, 0.29) is 0 Å². The van der Waals surface area contributed by atoms with Gasteiger partial charge < -0.3 is 0 Å². The average molecular weight is 365 g/mol. The molecule has 2 heterocycles. The van der Waals surface area contributed by atoms with Gasteiger partial charge in [-0.25, -0.2) is 12.7 Å². The van der Waals surface area contributed by atoms with Crippen LogP contribution in [0.2, 0.25) is 0 Å². The van der Waals surface area contributed by atoms with Crippen LogP contribution in [-0.4, -0.2) is 31.3 Å². The molecule has 0 radical (unpaired) electrons. The van der Waals surface area contributed by atoms with Gasteiger partial charge in [0.2, 0.25) is 10.0 Å². The van der Waals surface area contributed by atoms with Crippen molar-refractivity contribution in [3.8, 4) is 0 Å². The van der Waals surface area contributed by atoms with Crippen LogP contribution in [-0.2, 0) is 22.9 Å². The van der Waals surface area contributed by atoms with Gasteiger partial charge >= 0.3 is 0 Å². The molecule has 0 amide bonds. The Morgan fingerprint density at radius 1 is 1.38 bits per heavy atom. The van der Waals surface area contributed by atoms with Gasteiger partial charge in [-0.05, 0) is 48.9 Å². The monoisotopic (exact) mass is 365 g/mol. The minimum absolute atomic E-state index is 0.341. The predicted molar refractivity (Wildman–Crippen MR) is 93.5 cm³/mol. The first-order valence-electron chi connectivity index (χ1n) is 7.82. The van der Waals surface area contributed by atoms with Gasteiger partial charge in [-0.2, -0.15) is 4.91 Å². The molecule has 2 aromatic heterocycles. The third-order valence-corrected chi connectivity index (χ3v) is 7.57. The van der Waals surface area contributed by atoms with E-state index in [1.54, 1.807) is 24.8 Å². The third-order valence-electron chi connectivity index (χ3n) is 4.37. The quantitative estimate of drug-likeness (QED) is 0.737. The molecule has 1 aliphatic carbocycles. The Morgan fingerprint density at radius 3 is 2.83 bits per heavy atom. The largest absolute Gasteiger partial charge is 0.265 e. The molecule has 0 aromatic carbocycles. The molecule has 0 N–H and O–H groups in total. The van der Waals surface area contributed by atoms with Crippen LogP contribution >= 0.6 is 11.3 Å². The van der Waals surface area contributed by atoms with Crippen molar-refractivity contribution in [1.82, 2.24) is 9.29 Å². The Labute approximate surface area is 145 Å². The van der Waals surface area contributed by atoms with Crippen molar-refractivity contribution in [3.63, 3.8) is 0 Å². The number of aromatic nitrogens is 1. The second kappa shape index (κ2) is 7.08. The maximum Gasteiger partial charge on any atom is 0.243 e. The normalized spacial score (nSPS) is 17.7. The molecule has 3 rings (SSSR count). The van der Waals surface area contributed by atoms with Gasteiger partial charge in [0.15, 0.2) is 0 Å². The van der Waals surface area contributed by atoms with E-state index in [9.17, 15) is 13.3 Å². The van der Waals surface area contributed by atoms with E-state index in [1.165, 1.54) is 15.6 Å². The van der Waals surface area contributed by atoms with Crippen LogP contribution in [0, 0.1) is 4.91 Å². The van der Waals surface area contributed by atoms with Crippen LogP contribution in [0.15, 0.2) is 40.0 Å². The fourth-order valence-electron chi connectivity index (χ4n) is 2.95. The number of nitroso groups, excluding NO2 is 1. The Bertz CT molecular complexity index is 818. The molecule has 2 aromatic rings. The highest BCUT2D eigenvalue weighted by molar-refractivity contribution is 7.89. The summed E-state index contributed by atoms with van der Waals surface area (Å²) in [6.45, 7) is 0.395. The fourth-order valence-corrected chi connectivity index (χ4v) is 5.89. The van der Waals surface area contributed by atoms with Crippen LogP contribution in [0.25, 0.3) is 0 Å². The van der Waals surface area contributed by atoms with E-state index in [0.29, 0.717) is 30.7 Å². The van der Waals surface area contributed by atoms with Gasteiger partial charge in [-0.1, -0.05) is 5.18 Å². The Kier molecular flexibility index (Phi) is 5.07. The second-order valence-electron chi connectivity index (χ2n) is 5.89. The maximum atomic E-state index is 12.9. The summed E-state index contributed by atoms with van der Waals surface area (Å²) < 4.78 is 27.2. The molecule has 0 saturated heterocycles. The minimum Gasteiger partial charge on any atom is -0.265 e. The molecule has 1 unspecified atom stereocenters. The average Bonchev–Trinajstić information content (AvgIpc) is 3.05. The second-order valence-corrected chi connectivity index (χ2v) is 8.81. The highest BCUT2D eigenvalue weighted by Gasteiger charge is 2.32. The summed E-state index contributed by atoms with van der Waals surface area (Å²) >= 11 is 1.34. The summed E-state index contributed by atoms with van der Waals surface area (Å²) in [6, 6.07) is 3.37. The number of likely N-dealkylation sites (N-methyl/N-ethyl adjacent to an activating group) is 1. The maximum absolute atomic E-state index is 12.9. The standard InChI is InChI=1S/C16H19N3O3S2/c1-19(10-7-12-5-8-17-9-6-12)24(21,22)15-11-23-16-13(15)3-2-4-14(16)18-20/h5-6,8-9,11,14H,2-4,7,10H2,1H3. The van der Waals surface area contributed by atoms with Crippen LogP contribution in [0.5, 0.6) is 0 Å². The lowest BCUT2D eigenvalue weighted by molar-refractivity contribution is 0.470. The highest BCUT2D eigenvalue weighted by atomic mass is 32.2. The number of hydrogen-bond donors (Lipinski definition) is 0. The Hall–Kier alpha value is -1.64. The number of thiophene rings is 1. The first kappa shape index (κ1) is 17.2. The van der Waals surface area contributed by atoms with E-state index in [1.807, 2.05) is 12.1 Å². The van der Waals surface area contributed by atoms with Gasteiger partial charge in [-0.3, -0.25) is 4.98 Å². The molecule has 1 atom stereocenters. The number of rotatable bonds is 6. The molecule has 6 nitrogen and oxygen atoms in total. The van der Waals surface area contributed by atoms with E-state index >= 15 is 0 Å². The van der Waals surface area contributed by atoms with Crippen molar-refractivity contribution >= 4 is 21.4 Å². The van der Waals surface area contributed by atoms with Crippen molar-refractivity contribution in [2.24, 2.45) is 5.18 Å². The molecule has 0 aliphatic heterocycles. The summed E-state index contributed by atoms with van der Waals surface area (Å²) in [7, 11) is -1.96. The van der Waals surface area contributed by atoms with Gasteiger partial charge in [-0.15, -0.1) is 11.3 Å². The highest BCUT2D eigenvalue weighted by Crippen LogP contribution is 2.40. The number of fused-ring (bicyclic) bond motifs is 1. The molecular weight excluding hydrogens is 346 g/mol. The summed E-state index contributed by atoms with van der Waals surface area (Å²) in [5.74, 6) is 0. The van der Waals surface area contributed by atoms with E-state index in [0.717, 1.165) is 22.4 Å². The molecule has 0 bridgehead atoms. The van der Waals surface area contributed by atoms with Crippen LogP contribution in [0.3, 0.4) is 0 Å². The van der Waals surface area contributed by atoms with Crippen molar-refractivity contribution < 1.29 is 8.42 Å².